The van der Waals surface area contributed by atoms with Crippen molar-refractivity contribution in [2.24, 2.45) is 5.73 Å². The van der Waals surface area contributed by atoms with Gasteiger partial charge < -0.3 is 11.5 Å². The molecule has 0 atom stereocenters. The number of aromatic nitrogens is 4. The van der Waals surface area contributed by atoms with Crippen molar-refractivity contribution in [3.8, 4) is 16.9 Å². The van der Waals surface area contributed by atoms with Crippen molar-refractivity contribution in [2.45, 2.75) is 0 Å². The highest BCUT2D eigenvalue weighted by atomic mass is 15.4. The maximum atomic E-state index is 7.45. The summed E-state index contributed by atoms with van der Waals surface area (Å²) in [6.07, 6.45) is 3.56. The van der Waals surface area contributed by atoms with Gasteiger partial charge in [-0.1, -0.05) is 29.5 Å². The van der Waals surface area contributed by atoms with E-state index < -0.39 is 0 Å². The van der Waals surface area contributed by atoms with E-state index in [1.54, 1.807) is 23.0 Å². The van der Waals surface area contributed by atoms with E-state index in [4.69, 9.17) is 16.9 Å². The van der Waals surface area contributed by atoms with Crippen LogP contribution in [0.15, 0.2) is 60.9 Å². The van der Waals surface area contributed by atoms with Crippen molar-refractivity contribution in [1.29, 1.82) is 5.41 Å². The quantitative estimate of drug-likeness (QED) is 0.394. The Morgan fingerprint density at radius 1 is 1.04 bits per heavy atom. The van der Waals surface area contributed by atoms with Gasteiger partial charge in [0.05, 0.1) is 17.4 Å². The van der Waals surface area contributed by atoms with Gasteiger partial charge in [0.1, 0.15) is 17.3 Å². The highest BCUT2D eigenvalue weighted by Crippen LogP contribution is 2.31. The van der Waals surface area contributed by atoms with Crippen LogP contribution in [0.5, 0.6) is 0 Å². The first-order valence-corrected chi connectivity index (χ1v) is 7.64. The Kier molecular flexibility index (Phi) is 3.39. The topological polar surface area (TPSA) is 119 Å². The van der Waals surface area contributed by atoms with Gasteiger partial charge in [-0.15, -0.1) is 5.10 Å². The zero-order valence-electron chi connectivity index (χ0n) is 13.2. The molecule has 0 spiro atoms. The summed E-state index contributed by atoms with van der Waals surface area (Å²) in [5.41, 5.74) is 14.5. The Labute approximate surface area is 143 Å². The third-order valence-electron chi connectivity index (χ3n) is 4.02. The fourth-order valence-electron chi connectivity index (χ4n) is 2.75. The monoisotopic (exact) mass is 329 g/mol. The summed E-state index contributed by atoms with van der Waals surface area (Å²) >= 11 is 0. The van der Waals surface area contributed by atoms with Crippen LogP contribution in [-0.2, 0) is 0 Å². The van der Waals surface area contributed by atoms with Gasteiger partial charge in [-0.25, -0.2) is 9.67 Å². The van der Waals surface area contributed by atoms with E-state index in [0.29, 0.717) is 17.1 Å². The van der Waals surface area contributed by atoms with Gasteiger partial charge in [0.15, 0.2) is 0 Å². The molecule has 0 aliphatic carbocycles. The summed E-state index contributed by atoms with van der Waals surface area (Å²) in [6, 6.07) is 15.1. The minimum Gasteiger partial charge on any atom is -0.384 e. The predicted molar refractivity (Wildman–Crippen MR) is 97.5 cm³/mol. The van der Waals surface area contributed by atoms with Crippen molar-refractivity contribution >= 4 is 22.4 Å². The number of amidine groups is 1. The summed E-state index contributed by atoms with van der Waals surface area (Å²) in [5.74, 6) is 0.443. The first-order chi connectivity index (χ1) is 12.1. The molecule has 2 aromatic carbocycles. The molecular formula is C18H15N7. The van der Waals surface area contributed by atoms with Crippen molar-refractivity contribution in [2.75, 3.05) is 5.73 Å². The van der Waals surface area contributed by atoms with Crippen LogP contribution in [0.2, 0.25) is 0 Å². The van der Waals surface area contributed by atoms with Gasteiger partial charge in [-0.3, -0.25) is 5.41 Å². The zero-order chi connectivity index (χ0) is 17.4. The van der Waals surface area contributed by atoms with Gasteiger partial charge in [-0.05, 0) is 29.7 Å². The molecular weight excluding hydrogens is 314 g/mol. The lowest BCUT2D eigenvalue weighted by molar-refractivity contribution is 0.804. The van der Waals surface area contributed by atoms with E-state index in [9.17, 15) is 0 Å². The number of nitrogens with one attached hydrogen (secondary N) is 1. The van der Waals surface area contributed by atoms with E-state index in [2.05, 4.69) is 15.3 Å². The normalized spacial score (nSPS) is 10.9. The van der Waals surface area contributed by atoms with Crippen molar-refractivity contribution in [3.63, 3.8) is 0 Å². The Balaban J connectivity index is 1.80. The SMILES string of the molecule is N=C(N)c1ccc(-n2cc(-c3c(N)ncc4ccccc34)nn2)cc1. The molecule has 0 radical (unpaired) electrons. The number of fused-ring (bicyclic) bond motifs is 1. The standard InChI is InChI=1S/C18H15N7/c19-17(20)11-5-7-13(8-6-11)25-10-15(23-24-25)16-14-4-2-1-3-12(14)9-22-18(16)21/h1-10H,(H3,19,20)(H2,21,22). The molecule has 0 aliphatic heterocycles. The Morgan fingerprint density at radius 2 is 1.80 bits per heavy atom. The molecule has 7 heteroatoms. The average Bonchev–Trinajstić information content (AvgIpc) is 3.11. The van der Waals surface area contributed by atoms with Crippen LogP contribution >= 0.6 is 0 Å². The van der Waals surface area contributed by atoms with Crippen LogP contribution in [0.25, 0.3) is 27.7 Å². The maximum Gasteiger partial charge on any atom is 0.133 e. The molecule has 4 rings (SSSR count). The summed E-state index contributed by atoms with van der Waals surface area (Å²) in [7, 11) is 0. The molecule has 0 unspecified atom stereocenters. The number of nitrogens with two attached hydrogens (primary N) is 2. The van der Waals surface area contributed by atoms with Crippen molar-refractivity contribution < 1.29 is 0 Å². The number of rotatable bonds is 3. The number of nitrogens with zero attached hydrogens (tertiary/aromatic N) is 4. The summed E-state index contributed by atoms with van der Waals surface area (Å²) in [5, 5.41) is 17.9. The summed E-state index contributed by atoms with van der Waals surface area (Å²) in [4.78, 5) is 4.26. The van der Waals surface area contributed by atoms with Crippen molar-refractivity contribution in [1.82, 2.24) is 20.0 Å². The minimum absolute atomic E-state index is 0.0282. The molecule has 0 bridgehead atoms. The third-order valence-corrected chi connectivity index (χ3v) is 4.02. The second kappa shape index (κ2) is 5.72. The van der Waals surface area contributed by atoms with Crippen molar-refractivity contribution in [3.05, 3.63) is 66.5 Å². The Bertz CT molecular complexity index is 1080. The first kappa shape index (κ1) is 14.8. The Hall–Kier alpha value is -3.74. The second-order valence-electron chi connectivity index (χ2n) is 5.61. The molecule has 4 aromatic rings. The molecule has 2 heterocycles. The number of benzene rings is 2. The molecule has 7 nitrogen and oxygen atoms in total. The van der Waals surface area contributed by atoms with E-state index in [-0.39, 0.29) is 5.84 Å². The molecule has 0 saturated carbocycles. The van der Waals surface area contributed by atoms with Crippen LogP contribution in [0.3, 0.4) is 0 Å². The lowest BCUT2D eigenvalue weighted by Crippen LogP contribution is -2.10. The van der Waals surface area contributed by atoms with E-state index in [1.165, 1.54) is 0 Å². The van der Waals surface area contributed by atoms with Gasteiger partial charge in [0, 0.05) is 17.1 Å². The van der Waals surface area contributed by atoms with Crippen LogP contribution in [0.1, 0.15) is 5.56 Å². The summed E-state index contributed by atoms with van der Waals surface area (Å²) in [6.45, 7) is 0. The molecule has 122 valence electrons. The average molecular weight is 329 g/mol. The van der Waals surface area contributed by atoms with Crippen LogP contribution in [0.4, 0.5) is 5.82 Å². The van der Waals surface area contributed by atoms with E-state index >= 15 is 0 Å². The first-order valence-electron chi connectivity index (χ1n) is 7.64. The van der Waals surface area contributed by atoms with Gasteiger partial charge >= 0.3 is 0 Å². The zero-order valence-corrected chi connectivity index (χ0v) is 13.2. The van der Waals surface area contributed by atoms with Crippen LogP contribution in [0, 0.1) is 5.41 Å². The molecule has 0 aliphatic rings. The second-order valence-corrected chi connectivity index (χ2v) is 5.61. The van der Waals surface area contributed by atoms with Gasteiger partial charge in [0.2, 0.25) is 0 Å². The number of anilines is 1. The third kappa shape index (κ3) is 2.57. The largest absolute Gasteiger partial charge is 0.384 e. The molecule has 0 saturated heterocycles. The molecule has 2 aromatic heterocycles. The number of hydrogen-bond acceptors (Lipinski definition) is 5. The number of hydrogen-bond donors (Lipinski definition) is 3. The lowest BCUT2D eigenvalue weighted by atomic mass is 10.0. The van der Waals surface area contributed by atoms with Gasteiger partial charge in [0.25, 0.3) is 0 Å². The minimum atomic E-state index is 0.0282. The highest BCUT2D eigenvalue weighted by molar-refractivity contribution is 5.99. The number of nitrogen functional groups attached to an aromatic ring is 2. The fraction of sp³-hybridized carbons (Fsp3) is 0. The maximum absolute atomic E-state index is 7.45. The van der Waals surface area contributed by atoms with E-state index in [1.807, 2.05) is 42.6 Å². The van der Waals surface area contributed by atoms with Gasteiger partial charge in [-0.2, -0.15) is 0 Å². The Morgan fingerprint density at radius 3 is 2.56 bits per heavy atom. The smallest absolute Gasteiger partial charge is 0.133 e. The predicted octanol–water partition coefficient (Wildman–Crippen LogP) is 2.35. The highest BCUT2D eigenvalue weighted by Gasteiger charge is 2.13. The van der Waals surface area contributed by atoms with Crippen LogP contribution in [-0.4, -0.2) is 25.8 Å². The molecule has 0 fully saturated rings. The molecule has 25 heavy (non-hydrogen) atoms. The van der Waals surface area contributed by atoms with E-state index in [0.717, 1.165) is 22.0 Å². The molecule has 5 N–H and O–H groups in total. The summed E-state index contributed by atoms with van der Waals surface area (Å²) < 4.78 is 1.65. The fourth-order valence-corrected chi connectivity index (χ4v) is 2.75. The molecule has 0 amide bonds. The number of pyridine rings is 1. The lowest BCUT2D eigenvalue weighted by Gasteiger charge is -2.06. The van der Waals surface area contributed by atoms with Crippen LogP contribution < -0.4 is 11.5 Å².